The van der Waals surface area contributed by atoms with E-state index in [0.29, 0.717) is 19.7 Å². The van der Waals surface area contributed by atoms with E-state index in [-0.39, 0.29) is 12.5 Å². The number of fused-ring (bicyclic) bond motifs is 1. The van der Waals surface area contributed by atoms with E-state index in [9.17, 15) is 9.59 Å². The number of carbonyl (C=O) groups excluding carboxylic acids is 2. The van der Waals surface area contributed by atoms with Crippen LogP contribution in [0.15, 0.2) is 12.7 Å². The number of ether oxygens (including phenoxy) is 2. The van der Waals surface area contributed by atoms with Crippen molar-refractivity contribution in [3.05, 3.63) is 12.7 Å². The summed E-state index contributed by atoms with van der Waals surface area (Å²) in [6, 6.07) is 0. The molecule has 0 spiro atoms. The smallest absolute Gasteiger partial charge is 0.338 e. The summed E-state index contributed by atoms with van der Waals surface area (Å²) in [4.78, 5) is 26.1. The van der Waals surface area contributed by atoms with Gasteiger partial charge in [-0.25, -0.2) is 9.59 Å². The highest BCUT2D eigenvalue weighted by atomic mass is 16.6. The Morgan fingerprint density at radius 1 is 1.71 bits per heavy atom. The molecule has 2 aliphatic heterocycles. The third-order valence-corrected chi connectivity index (χ3v) is 3.52. The molecule has 0 aromatic rings. The van der Waals surface area contributed by atoms with Crippen molar-refractivity contribution in [3.63, 3.8) is 0 Å². The van der Waals surface area contributed by atoms with Crippen LogP contribution in [-0.4, -0.2) is 48.7 Å². The molecular formula is C12H17NO4. The van der Waals surface area contributed by atoms with Crippen molar-refractivity contribution < 1.29 is 19.1 Å². The molecule has 0 amide bonds. The Hall–Kier alpha value is -1.36. The summed E-state index contributed by atoms with van der Waals surface area (Å²) >= 11 is 0. The molecule has 0 radical (unpaired) electrons. The Morgan fingerprint density at radius 3 is 3.12 bits per heavy atom. The van der Waals surface area contributed by atoms with E-state index in [1.807, 2.05) is 4.90 Å². The van der Waals surface area contributed by atoms with Crippen LogP contribution < -0.4 is 0 Å². The first-order chi connectivity index (χ1) is 8.17. The molecule has 2 fully saturated rings. The number of esters is 2. The van der Waals surface area contributed by atoms with Crippen molar-refractivity contribution in [2.45, 2.75) is 18.9 Å². The molecule has 2 rings (SSSR count). The Bertz CT molecular complexity index is 354. The summed E-state index contributed by atoms with van der Waals surface area (Å²) in [5.41, 5.74) is -1.28. The number of rotatable bonds is 3. The van der Waals surface area contributed by atoms with Gasteiger partial charge in [0.1, 0.15) is 6.61 Å². The molecule has 0 aromatic carbocycles. The maximum Gasteiger partial charge on any atom is 0.338 e. The number of carbonyl (C=O) groups is 2. The van der Waals surface area contributed by atoms with Crippen molar-refractivity contribution in [2.75, 3.05) is 26.3 Å². The molecule has 2 heterocycles. The van der Waals surface area contributed by atoms with Gasteiger partial charge < -0.3 is 9.47 Å². The van der Waals surface area contributed by atoms with E-state index >= 15 is 0 Å². The lowest BCUT2D eigenvalue weighted by atomic mass is 9.84. The topological polar surface area (TPSA) is 55.8 Å². The molecule has 2 atom stereocenters. The largest absolute Gasteiger partial charge is 0.464 e. The molecule has 0 bridgehead atoms. The first-order valence-electron chi connectivity index (χ1n) is 5.90. The maximum atomic E-state index is 12.2. The number of morpholine rings is 1. The first kappa shape index (κ1) is 12.1. The molecule has 5 heteroatoms. The van der Waals surface area contributed by atoms with Gasteiger partial charge in [-0.15, -0.1) is 6.58 Å². The molecule has 2 aliphatic rings. The lowest BCUT2D eigenvalue weighted by molar-refractivity contribution is -0.182. The van der Waals surface area contributed by atoms with E-state index in [1.165, 1.54) is 0 Å². The van der Waals surface area contributed by atoms with Gasteiger partial charge in [0.05, 0.1) is 6.61 Å². The van der Waals surface area contributed by atoms with Crippen LogP contribution in [0.25, 0.3) is 0 Å². The standard InChI is InChI=1S/C12H17NO4/c1-3-9-5-6-13-7-8-17-11(15)12(9,13)10(14)16-4-2/h3,9H,1,4-8H2,2H3/t9-,12?/m0/s1. The van der Waals surface area contributed by atoms with Crippen LogP contribution in [0.1, 0.15) is 13.3 Å². The van der Waals surface area contributed by atoms with Gasteiger partial charge >= 0.3 is 11.9 Å². The second kappa shape index (κ2) is 4.49. The van der Waals surface area contributed by atoms with Gasteiger partial charge in [-0.1, -0.05) is 6.08 Å². The second-order valence-electron chi connectivity index (χ2n) is 4.24. The zero-order chi connectivity index (χ0) is 12.5. The molecule has 17 heavy (non-hydrogen) atoms. The molecule has 2 saturated heterocycles. The van der Waals surface area contributed by atoms with E-state index in [0.717, 1.165) is 6.42 Å². The molecule has 5 nitrogen and oxygen atoms in total. The van der Waals surface area contributed by atoms with Gasteiger partial charge in [0.15, 0.2) is 0 Å². The molecule has 0 saturated carbocycles. The Labute approximate surface area is 100 Å². The van der Waals surface area contributed by atoms with Gasteiger partial charge in [0.2, 0.25) is 5.54 Å². The van der Waals surface area contributed by atoms with E-state index in [4.69, 9.17) is 9.47 Å². The van der Waals surface area contributed by atoms with Gasteiger partial charge in [-0.3, -0.25) is 4.90 Å². The predicted molar refractivity (Wildman–Crippen MR) is 60.2 cm³/mol. The van der Waals surface area contributed by atoms with Crippen molar-refractivity contribution in [1.29, 1.82) is 0 Å². The lowest BCUT2D eigenvalue weighted by Crippen LogP contribution is -2.64. The molecule has 94 valence electrons. The van der Waals surface area contributed by atoms with Crippen LogP contribution in [0.5, 0.6) is 0 Å². The SMILES string of the molecule is C=C[C@H]1CCN2CCOC(=O)C12C(=O)OCC. The fourth-order valence-electron chi connectivity index (χ4n) is 2.74. The van der Waals surface area contributed by atoms with Crippen molar-refractivity contribution in [2.24, 2.45) is 5.92 Å². The van der Waals surface area contributed by atoms with Gasteiger partial charge in [-0.05, 0) is 13.3 Å². The van der Waals surface area contributed by atoms with Crippen LogP contribution >= 0.6 is 0 Å². The highest BCUT2D eigenvalue weighted by Gasteiger charge is 2.62. The normalized spacial score (nSPS) is 32.8. The summed E-state index contributed by atoms with van der Waals surface area (Å²) in [5, 5.41) is 0. The Morgan fingerprint density at radius 2 is 2.47 bits per heavy atom. The molecule has 1 unspecified atom stereocenters. The van der Waals surface area contributed by atoms with Crippen LogP contribution in [0.4, 0.5) is 0 Å². The van der Waals surface area contributed by atoms with Crippen LogP contribution in [0, 0.1) is 5.92 Å². The zero-order valence-corrected chi connectivity index (χ0v) is 9.98. The van der Waals surface area contributed by atoms with E-state index in [1.54, 1.807) is 13.0 Å². The summed E-state index contributed by atoms with van der Waals surface area (Å²) in [7, 11) is 0. The van der Waals surface area contributed by atoms with Gasteiger partial charge in [-0.2, -0.15) is 0 Å². The number of cyclic esters (lactones) is 1. The quantitative estimate of drug-likeness (QED) is 0.404. The molecular weight excluding hydrogens is 222 g/mol. The zero-order valence-electron chi connectivity index (χ0n) is 9.98. The molecule has 0 aliphatic carbocycles. The maximum absolute atomic E-state index is 12.2. The Kier molecular flexibility index (Phi) is 3.19. The average molecular weight is 239 g/mol. The minimum absolute atomic E-state index is 0.227. The Balaban J connectivity index is 2.41. The fourth-order valence-corrected chi connectivity index (χ4v) is 2.74. The molecule has 0 aromatic heterocycles. The summed E-state index contributed by atoms with van der Waals surface area (Å²) in [6.07, 6.45) is 2.39. The first-order valence-corrected chi connectivity index (χ1v) is 5.90. The lowest BCUT2D eigenvalue weighted by Gasteiger charge is -2.39. The third-order valence-electron chi connectivity index (χ3n) is 3.52. The summed E-state index contributed by atoms with van der Waals surface area (Å²) < 4.78 is 10.1. The van der Waals surface area contributed by atoms with Gasteiger partial charge in [0.25, 0.3) is 0 Å². The highest BCUT2D eigenvalue weighted by Crippen LogP contribution is 2.39. The summed E-state index contributed by atoms with van der Waals surface area (Å²) in [5.74, 6) is -1.23. The van der Waals surface area contributed by atoms with Crippen LogP contribution in [-0.2, 0) is 19.1 Å². The molecule has 0 N–H and O–H groups in total. The third kappa shape index (κ3) is 1.57. The average Bonchev–Trinajstić information content (AvgIpc) is 2.70. The minimum Gasteiger partial charge on any atom is -0.464 e. The van der Waals surface area contributed by atoms with Crippen molar-refractivity contribution in [3.8, 4) is 0 Å². The number of nitrogens with zero attached hydrogens (tertiary/aromatic N) is 1. The monoisotopic (exact) mass is 239 g/mol. The second-order valence-corrected chi connectivity index (χ2v) is 4.24. The minimum atomic E-state index is -1.28. The highest BCUT2D eigenvalue weighted by molar-refractivity contribution is 6.06. The van der Waals surface area contributed by atoms with Gasteiger partial charge in [0, 0.05) is 19.0 Å². The number of hydrogen-bond acceptors (Lipinski definition) is 5. The predicted octanol–water partition coefficient (Wildman–Crippen LogP) is 0.353. The van der Waals surface area contributed by atoms with Crippen molar-refractivity contribution in [1.82, 2.24) is 4.90 Å². The fraction of sp³-hybridized carbons (Fsp3) is 0.667. The van der Waals surface area contributed by atoms with Crippen molar-refractivity contribution >= 4 is 11.9 Å². The van der Waals surface area contributed by atoms with Crippen LogP contribution in [0.2, 0.25) is 0 Å². The number of hydrogen-bond donors (Lipinski definition) is 0. The van der Waals surface area contributed by atoms with Crippen LogP contribution in [0.3, 0.4) is 0 Å². The van der Waals surface area contributed by atoms with E-state index < -0.39 is 17.5 Å². The van der Waals surface area contributed by atoms with E-state index in [2.05, 4.69) is 6.58 Å². The summed E-state index contributed by atoms with van der Waals surface area (Å²) in [6.45, 7) is 7.31.